The molecule has 1 aromatic carbocycles. The SMILES string of the molecule is CCCCOCC(C)(C)C#Cc1cc(N)c(F)cc1NC[C@@H](O)CO. The zero-order valence-electron chi connectivity index (χ0n) is 15.2. The minimum Gasteiger partial charge on any atom is -0.396 e. The number of nitrogens with two attached hydrogens (primary N) is 1. The number of nitrogens with one attached hydrogen (secondary N) is 1. The van der Waals surface area contributed by atoms with Gasteiger partial charge in [-0.2, -0.15) is 0 Å². The van der Waals surface area contributed by atoms with E-state index in [4.69, 9.17) is 15.6 Å². The highest BCUT2D eigenvalue weighted by Crippen LogP contribution is 2.23. The molecule has 6 heteroatoms. The first-order valence-electron chi connectivity index (χ1n) is 8.51. The average molecular weight is 352 g/mol. The van der Waals surface area contributed by atoms with E-state index < -0.39 is 11.9 Å². The van der Waals surface area contributed by atoms with Gasteiger partial charge in [-0.15, -0.1) is 0 Å². The van der Waals surface area contributed by atoms with Crippen LogP contribution in [0.5, 0.6) is 0 Å². The van der Waals surface area contributed by atoms with Crippen LogP contribution in [0, 0.1) is 23.1 Å². The van der Waals surface area contributed by atoms with Gasteiger partial charge in [0.25, 0.3) is 0 Å². The van der Waals surface area contributed by atoms with E-state index in [2.05, 4.69) is 24.1 Å². The topological polar surface area (TPSA) is 87.7 Å². The van der Waals surface area contributed by atoms with Crippen molar-refractivity contribution in [2.45, 2.75) is 39.7 Å². The van der Waals surface area contributed by atoms with Crippen molar-refractivity contribution >= 4 is 11.4 Å². The molecule has 0 aliphatic heterocycles. The summed E-state index contributed by atoms with van der Waals surface area (Å²) < 4.78 is 19.4. The first-order chi connectivity index (χ1) is 11.8. The molecule has 25 heavy (non-hydrogen) atoms. The summed E-state index contributed by atoms with van der Waals surface area (Å²) in [4.78, 5) is 0. The van der Waals surface area contributed by atoms with Crippen LogP contribution in [0.3, 0.4) is 0 Å². The van der Waals surface area contributed by atoms with Crippen LogP contribution in [0.25, 0.3) is 0 Å². The van der Waals surface area contributed by atoms with Gasteiger partial charge in [-0.1, -0.05) is 25.2 Å². The van der Waals surface area contributed by atoms with E-state index in [1.165, 1.54) is 12.1 Å². The molecule has 0 aliphatic carbocycles. The van der Waals surface area contributed by atoms with Gasteiger partial charge in [-0.25, -0.2) is 4.39 Å². The molecule has 0 amide bonds. The molecule has 0 radical (unpaired) electrons. The quantitative estimate of drug-likeness (QED) is 0.311. The number of hydrogen-bond donors (Lipinski definition) is 4. The van der Waals surface area contributed by atoms with Gasteiger partial charge in [0.2, 0.25) is 0 Å². The normalized spacial score (nSPS) is 12.4. The summed E-state index contributed by atoms with van der Waals surface area (Å²) in [6.07, 6.45) is 1.15. The first-order valence-corrected chi connectivity index (χ1v) is 8.51. The molecule has 0 bridgehead atoms. The summed E-state index contributed by atoms with van der Waals surface area (Å²) in [5, 5.41) is 21.2. The van der Waals surface area contributed by atoms with E-state index in [1.54, 1.807) is 0 Å². The van der Waals surface area contributed by atoms with Crippen LogP contribution in [-0.2, 0) is 4.74 Å². The van der Waals surface area contributed by atoms with Crippen LogP contribution in [0.2, 0.25) is 0 Å². The maximum Gasteiger partial charge on any atom is 0.148 e. The molecule has 1 rings (SSSR count). The lowest BCUT2D eigenvalue weighted by molar-refractivity contribution is 0.0852. The van der Waals surface area contributed by atoms with E-state index in [1.807, 2.05) is 13.8 Å². The van der Waals surface area contributed by atoms with Gasteiger partial charge in [0.15, 0.2) is 0 Å². The Morgan fingerprint density at radius 2 is 2.12 bits per heavy atom. The molecule has 0 spiro atoms. The predicted molar refractivity (Wildman–Crippen MR) is 98.8 cm³/mol. The third-order valence-electron chi connectivity index (χ3n) is 3.52. The highest BCUT2D eigenvalue weighted by atomic mass is 19.1. The predicted octanol–water partition coefficient (Wildman–Crippen LogP) is 2.37. The second kappa shape index (κ2) is 10.2. The third kappa shape index (κ3) is 7.74. The Bertz CT molecular complexity index is 609. The Hall–Kier alpha value is -1.81. The molecule has 0 fully saturated rings. The van der Waals surface area contributed by atoms with E-state index in [-0.39, 0.29) is 24.3 Å². The molecule has 5 nitrogen and oxygen atoms in total. The number of hydrogen-bond acceptors (Lipinski definition) is 5. The number of unbranched alkanes of at least 4 members (excludes halogenated alkanes) is 1. The van der Waals surface area contributed by atoms with Crippen LogP contribution < -0.4 is 11.1 Å². The van der Waals surface area contributed by atoms with Crippen LogP contribution in [-0.4, -0.2) is 42.7 Å². The third-order valence-corrected chi connectivity index (χ3v) is 3.52. The zero-order valence-corrected chi connectivity index (χ0v) is 15.2. The number of halogens is 1. The molecule has 0 heterocycles. The number of rotatable bonds is 9. The van der Waals surface area contributed by atoms with Crippen LogP contribution >= 0.6 is 0 Å². The number of nitrogen functional groups attached to an aromatic ring is 1. The van der Waals surface area contributed by atoms with Crippen molar-refractivity contribution in [1.82, 2.24) is 0 Å². The molecule has 0 saturated heterocycles. The highest BCUT2D eigenvalue weighted by Gasteiger charge is 2.15. The Labute approximate surface area is 149 Å². The van der Waals surface area contributed by atoms with Crippen molar-refractivity contribution in [3.8, 4) is 11.8 Å². The second-order valence-electron chi connectivity index (χ2n) is 6.68. The largest absolute Gasteiger partial charge is 0.396 e. The summed E-state index contributed by atoms with van der Waals surface area (Å²) in [6.45, 7) is 6.96. The summed E-state index contributed by atoms with van der Waals surface area (Å²) in [5.41, 5.74) is 6.24. The van der Waals surface area contributed by atoms with Gasteiger partial charge < -0.3 is 26.0 Å². The summed E-state index contributed by atoms with van der Waals surface area (Å²) >= 11 is 0. The lowest BCUT2D eigenvalue weighted by Gasteiger charge is -2.18. The number of aliphatic hydroxyl groups is 2. The van der Waals surface area contributed by atoms with Crippen molar-refractivity contribution in [3.05, 3.63) is 23.5 Å². The van der Waals surface area contributed by atoms with Crippen molar-refractivity contribution in [3.63, 3.8) is 0 Å². The van der Waals surface area contributed by atoms with Gasteiger partial charge in [0.1, 0.15) is 5.82 Å². The fourth-order valence-electron chi connectivity index (χ4n) is 1.98. The van der Waals surface area contributed by atoms with Crippen LogP contribution in [0.15, 0.2) is 12.1 Å². The molecule has 0 aliphatic rings. The lowest BCUT2D eigenvalue weighted by atomic mass is 9.95. The Kier molecular flexibility index (Phi) is 8.70. The number of benzene rings is 1. The molecule has 1 aromatic rings. The lowest BCUT2D eigenvalue weighted by Crippen LogP contribution is -2.23. The van der Waals surface area contributed by atoms with Crippen molar-refractivity contribution in [2.24, 2.45) is 5.41 Å². The Morgan fingerprint density at radius 3 is 2.76 bits per heavy atom. The molecule has 5 N–H and O–H groups in total. The van der Waals surface area contributed by atoms with E-state index in [9.17, 15) is 9.50 Å². The van der Waals surface area contributed by atoms with Gasteiger partial charge >= 0.3 is 0 Å². The fourth-order valence-corrected chi connectivity index (χ4v) is 1.98. The fraction of sp³-hybridized carbons (Fsp3) is 0.579. The van der Waals surface area contributed by atoms with E-state index >= 15 is 0 Å². The summed E-state index contributed by atoms with van der Waals surface area (Å²) in [5.74, 6) is 5.60. The van der Waals surface area contributed by atoms with Crippen LogP contribution in [0.4, 0.5) is 15.8 Å². The summed E-state index contributed by atoms with van der Waals surface area (Å²) in [7, 11) is 0. The number of ether oxygens (including phenoxy) is 1. The minimum atomic E-state index is -0.940. The molecule has 0 saturated carbocycles. The number of anilines is 2. The monoisotopic (exact) mass is 352 g/mol. The smallest absolute Gasteiger partial charge is 0.148 e. The molecule has 1 atom stereocenters. The van der Waals surface area contributed by atoms with E-state index in [0.717, 1.165) is 12.8 Å². The van der Waals surface area contributed by atoms with Crippen molar-refractivity contribution in [1.29, 1.82) is 0 Å². The highest BCUT2D eigenvalue weighted by molar-refractivity contribution is 5.65. The maximum absolute atomic E-state index is 13.7. The van der Waals surface area contributed by atoms with Gasteiger partial charge in [0.05, 0.1) is 30.7 Å². The molecule has 140 valence electrons. The Morgan fingerprint density at radius 1 is 1.40 bits per heavy atom. The van der Waals surface area contributed by atoms with Crippen LogP contribution in [0.1, 0.15) is 39.2 Å². The summed E-state index contributed by atoms with van der Waals surface area (Å²) in [6, 6.07) is 2.71. The molecule has 0 unspecified atom stereocenters. The molecule has 0 aromatic heterocycles. The van der Waals surface area contributed by atoms with Crippen molar-refractivity contribution in [2.75, 3.05) is 37.4 Å². The second-order valence-corrected chi connectivity index (χ2v) is 6.68. The number of aliphatic hydroxyl groups excluding tert-OH is 2. The van der Waals surface area contributed by atoms with Gasteiger partial charge in [-0.3, -0.25) is 0 Å². The molecular formula is C19H29FN2O3. The zero-order chi connectivity index (χ0) is 18.9. The van der Waals surface area contributed by atoms with Gasteiger partial charge in [0, 0.05) is 30.2 Å². The standard InChI is InChI=1S/C19H29FN2O3/c1-4-5-8-25-13-19(2,3)7-6-14-9-17(21)16(20)10-18(14)22-11-15(24)12-23/h9-10,15,22-24H,4-5,8,11-13,21H2,1-3H3/t15-/m1/s1. The van der Waals surface area contributed by atoms with Gasteiger partial charge in [-0.05, 0) is 26.3 Å². The maximum atomic E-state index is 13.7. The average Bonchev–Trinajstić information content (AvgIpc) is 2.57. The van der Waals surface area contributed by atoms with Crippen molar-refractivity contribution < 1.29 is 19.3 Å². The van der Waals surface area contributed by atoms with E-state index in [0.29, 0.717) is 24.5 Å². The Balaban J connectivity index is 2.90. The molecular weight excluding hydrogens is 323 g/mol. The first kappa shape index (κ1) is 21.2. The minimum absolute atomic E-state index is 0.00885.